The fraction of sp³-hybridized carbons (Fsp3) is 0.947. The van der Waals surface area contributed by atoms with Crippen LogP contribution in [0.5, 0.6) is 0 Å². The Kier molecular flexibility index (Phi) is 10.8. The Morgan fingerprint density at radius 1 is 0.750 bits per heavy atom. The van der Waals surface area contributed by atoms with E-state index in [0.717, 1.165) is 19.0 Å². The Morgan fingerprint density at radius 3 is 1.96 bits per heavy atom. The van der Waals surface area contributed by atoms with E-state index in [-0.39, 0.29) is 24.8 Å². The Labute approximate surface area is 160 Å². The molecule has 142 valence electrons. The van der Waals surface area contributed by atoms with Crippen molar-refractivity contribution in [2.24, 2.45) is 5.92 Å². The number of nitrogens with one attached hydrogen (secondary N) is 2. The Hall–Kier alpha value is 0.170. The first kappa shape index (κ1) is 22.2. The van der Waals surface area contributed by atoms with Crippen LogP contribution in [-0.4, -0.2) is 44.5 Å². The van der Waals surface area contributed by atoms with Gasteiger partial charge < -0.3 is 34.6 Å². The van der Waals surface area contributed by atoms with Gasteiger partial charge in [0.1, 0.15) is 5.78 Å². The first-order chi connectivity index (χ1) is 10.8. The van der Waals surface area contributed by atoms with Gasteiger partial charge in [-0.25, -0.2) is 0 Å². The molecule has 3 rings (SSSR count). The van der Waals surface area contributed by atoms with Crippen LogP contribution in [-0.2, 0) is 4.79 Å². The van der Waals surface area contributed by atoms with Crippen LogP contribution in [0.3, 0.4) is 0 Å². The minimum atomic E-state index is 0. The van der Waals surface area contributed by atoms with Crippen molar-refractivity contribution in [2.45, 2.75) is 76.7 Å². The van der Waals surface area contributed by atoms with Crippen molar-refractivity contribution in [1.29, 1.82) is 0 Å². The first-order valence-corrected chi connectivity index (χ1v) is 10.0. The fourth-order valence-electron chi connectivity index (χ4n) is 5.03. The van der Waals surface area contributed by atoms with Crippen molar-refractivity contribution in [3.63, 3.8) is 0 Å². The molecule has 0 radical (unpaired) electrons. The maximum absolute atomic E-state index is 12.3. The SMILES string of the molecule is O=C(CC[NH+]1CCC([NH+]2CCCCC2)CC1)C1CCCCC1.[Cl-].[Cl-]. The maximum Gasteiger partial charge on any atom is 0.141 e. The van der Waals surface area contributed by atoms with E-state index in [4.69, 9.17) is 0 Å². The number of ketones is 1. The van der Waals surface area contributed by atoms with Gasteiger partial charge in [0.2, 0.25) is 0 Å². The molecule has 3 fully saturated rings. The van der Waals surface area contributed by atoms with Crippen LogP contribution in [0.15, 0.2) is 0 Å². The lowest BCUT2D eigenvalue weighted by Crippen LogP contribution is -3.21. The third-order valence-electron chi connectivity index (χ3n) is 6.55. The Morgan fingerprint density at radius 2 is 1.33 bits per heavy atom. The molecule has 1 aliphatic carbocycles. The van der Waals surface area contributed by atoms with E-state index in [9.17, 15) is 4.79 Å². The first-order valence-electron chi connectivity index (χ1n) is 10.0. The van der Waals surface area contributed by atoms with Gasteiger partial charge in [-0.2, -0.15) is 0 Å². The number of halogens is 2. The summed E-state index contributed by atoms with van der Waals surface area (Å²) in [5.41, 5.74) is 0. The van der Waals surface area contributed by atoms with Crippen LogP contribution in [0.4, 0.5) is 0 Å². The van der Waals surface area contributed by atoms with Gasteiger partial charge in [-0.15, -0.1) is 0 Å². The summed E-state index contributed by atoms with van der Waals surface area (Å²) >= 11 is 0. The minimum Gasteiger partial charge on any atom is -1.00 e. The average molecular weight is 379 g/mol. The molecule has 0 bridgehead atoms. The number of carbonyl (C=O) groups is 1. The molecule has 1 saturated carbocycles. The molecule has 0 atom stereocenters. The predicted octanol–water partition coefficient (Wildman–Crippen LogP) is -5.35. The molecule has 0 aromatic rings. The van der Waals surface area contributed by atoms with E-state index in [2.05, 4.69) is 0 Å². The van der Waals surface area contributed by atoms with Crippen LogP contribution >= 0.6 is 0 Å². The maximum atomic E-state index is 12.3. The van der Waals surface area contributed by atoms with Crippen molar-refractivity contribution in [3.8, 4) is 0 Å². The summed E-state index contributed by atoms with van der Waals surface area (Å²) in [7, 11) is 0. The third-order valence-corrected chi connectivity index (χ3v) is 6.55. The van der Waals surface area contributed by atoms with Gasteiger partial charge in [-0.05, 0) is 32.1 Å². The summed E-state index contributed by atoms with van der Waals surface area (Å²) in [6.07, 6.45) is 14.2. The molecule has 0 aromatic carbocycles. The van der Waals surface area contributed by atoms with Gasteiger partial charge >= 0.3 is 0 Å². The molecule has 2 heterocycles. The Balaban J connectivity index is 0.00000144. The molecule has 24 heavy (non-hydrogen) atoms. The lowest BCUT2D eigenvalue weighted by atomic mass is 9.85. The number of hydrogen-bond acceptors (Lipinski definition) is 1. The van der Waals surface area contributed by atoms with E-state index in [1.54, 1.807) is 4.90 Å². The molecule has 2 N–H and O–H groups in total. The zero-order valence-electron chi connectivity index (χ0n) is 15.1. The molecule has 0 amide bonds. The lowest BCUT2D eigenvalue weighted by molar-refractivity contribution is -0.960. The lowest BCUT2D eigenvalue weighted by Gasteiger charge is -2.36. The molecule has 2 saturated heterocycles. The monoisotopic (exact) mass is 378 g/mol. The van der Waals surface area contributed by atoms with Gasteiger partial charge in [0.25, 0.3) is 0 Å². The normalized spacial score (nSPS) is 29.3. The summed E-state index contributed by atoms with van der Waals surface area (Å²) in [4.78, 5) is 15.9. The molecule has 3 nitrogen and oxygen atoms in total. The largest absolute Gasteiger partial charge is 1.00 e. The highest BCUT2D eigenvalue weighted by Gasteiger charge is 2.31. The second-order valence-electron chi connectivity index (χ2n) is 8.04. The van der Waals surface area contributed by atoms with Gasteiger partial charge in [0.15, 0.2) is 0 Å². The summed E-state index contributed by atoms with van der Waals surface area (Å²) in [5.74, 6) is 1.000. The molecule has 3 aliphatic rings. The standard InChI is InChI=1S/C19H34N2O.2ClH/c22-19(17-7-3-1-4-8-17)11-16-20-14-9-18(10-15-20)21-12-5-2-6-13-21;;/h17-18H,1-16H2;2*1H. The van der Waals surface area contributed by atoms with Gasteiger partial charge in [-0.3, -0.25) is 4.79 Å². The third kappa shape index (κ3) is 6.48. The van der Waals surface area contributed by atoms with Crippen LogP contribution in [0.2, 0.25) is 0 Å². The Bertz CT molecular complexity index is 347. The topological polar surface area (TPSA) is 26.0 Å². The molecule has 0 aromatic heterocycles. The van der Waals surface area contributed by atoms with E-state index in [1.165, 1.54) is 90.4 Å². The van der Waals surface area contributed by atoms with Crippen molar-refractivity contribution < 1.29 is 39.4 Å². The smallest absolute Gasteiger partial charge is 0.141 e. The van der Waals surface area contributed by atoms with Gasteiger partial charge in [-0.1, -0.05) is 19.3 Å². The summed E-state index contributed by atoms with van der Waals surface area (Å²) in [6.45, 7) is 6.57. The molecule has 2 aliphatic heterocycles. The number of hydrogen-bond donors (Lipinski definition) is 2. The fourth-order valence-corrected chi connectivity index (χ4v) is 5.03. The van der Waals surface area contributed by atoms with Crippen LogP contribution in [0.25, 0.3) is 0 Å². The summed E-state index contributed by atoms with van der Waals surface area (Å²) < 4.78 is 0. The molecule has 5 heteroatoms. The number of likely N-dealkylation sites (tertiary alicyclic amines) is 2. The minimum absolute atomic E-state index is 0. The van der Waals surface area contributed by atoms with Crippen molar-refractivity contribution >= 4 is 5.78 Å². The molecule has 0 spiro atoms. The summed E-state index contributed by atoms with van der Waals surface area (Å²) in [5, 5.41) is 0. The van der Waals surface area contributed by atoms with E-state index in [0.29, 0.717) is 11.7 Å². The number of piperidine rings is 2. The quantitative estimate of drug-likeness (QED) is 0.490. The summed E-state index contributed by atoms with van der Waals surface area (Å²) in [6, 6.07) is 0.929. The van der Waals surface area contributed by atoms with Crippen molar-refractivity contribution in [3.05, 3.63) is 0 Å². The second kappa shape index (κ2) is 11.7. The second-order valence-corrected chi connectivity index (χ2v) is 8.04. The molecular formula is C19H36Cl2N2O. The van der Waals surface area contributed by atoms with Crippen LogP contribution in [0, 0.1) is 5.92 Å². The van der Waals surface area contributed by atoms with Gasteiger partial charge in [0, 0.05) is 18.8 Å². The highest BCUT2D eigenvalue weighted by atomic mass is 35.5. The van der Waals surface area contributed by atoms with E-state index in [1.807, 2.05) is 4.90 Å². The van der Waals surface area contributed by atoms with Crippen molar-refractivity contribution in [2.75, 3.05) is 32.7 Å². The average Bonchev–Trinajstić information content (AvgIpc) is 2.61. The van der Waals surface area contributed by atoms with Crippen molar-refractivity contribution in [1.82, 2.24) is 0 Å². The zero-order valence-corrected chi connectivity index (χ0v) is 16.6. The number of carbonyl (C=O) groups excluding carboxylic acids is 1. The number of quaternary nitrogens is 2. The van der Waals surface area contributed by atoms with Gasteiger partial charge in [0.05, 0.1) is 45.2 Å². The number of rotatable bonds is 5. The molecule has 0 unspecified atom stereocenters. The molecular weight excluding hydrogens is 343 g/mol. The highest BCUT2D eigenvalue weighted by Crippen LogP contribution is 2.24. The van der Waals surface area contributed by atoms with E-state index >= 15 is 0 Å². The predicted molar refractivity (Wildman–Crippen MR) is 89.3 cm³/mol. The number of Topliss-reactive ketones (excluding diaryl/α,β-unsaturated/α-hetero) is 1. The zero-order chi connectivity index (χ0) is 15.2. The van der Waals surface area contributed by atoms with Crippen LogP contribution < -0.4 is 34.6 Å². The van der Waals surface area contributed by atoms with E-state index < -0.39 is 0 Å². The highest BCUT2D eigenvalue weighted by molar-refractivity contribution is 5.81. The van der Waals surface area contributed by atoms with Crippen LogP contribution in [0.1, 0.15) is 70.6 Å².